The lowest BCUT2D eigenvalue weighted by atomic mass is 9.65. The molecule has 0 saturated carbocycles. The zero-order valence-corrected chi connectivity index (χ0v) is 21.4. The van der Waals surface area contributed by atoms with Gasteiger partial charge in [0.05, 0.1) is 17.4 Å². The average molecular weight is 486 g/mol. The normalized spacial score (nSPS) is 31.1. The number of carbonyl (C=O) groups excluding carboxylic acids is 3. The molecule has 3 amide bonds. The van der Waals surface area contributed by atoms with Crippen LogP contribution in [0, 0.1) is 25.7 Å². The van der Waals surface area contributed by atoms with E-state index < -0.39 is 29.1 Å². The van der Waals surface area contributed by atoms with Gasteiger partial charge in [0.2, 0.25) is 17.7 Å². The molecule has 0 aliphatic carbocycles. The number of hydrogen-bond donors (Lipinski definition) is 3. The highest BCUT2D eigenvalue weighted by Crippen LogP contribution is 2.64. The molecule has 35 heavy (non-hydrogen) atoms. The van der Waals surface area contributed by atoms with Gasteiger partial charge in [0, 0.05) is 25.9 Å². The van der Waals surface area contributed by atoms with E-state index in [2.05, 4.69) is 10.6 Å². The topological polar surface area (TPSA) is 108 Å². The Morgan fingerprint density at radius 1 is 1.11 bits per heavy atom. The monoisotopic (exact) mass is 485 g/mol. The molecule has 3 aliphatic heterocycles. The second kappa shape index (κ2) is 9.90. The number of nitrogens with zero attached hydrogens (tertiary/aromatic N) is 1. The first-order chi connectivity index (χ1) is 16.8. The smallest absolute Gasteiger partial charge is 0.250 e. The van der Waals surface area contributed by atoms with Crippen LogP contribution in [0.3, 0.4) is 0 Å². The van der Waals surface area contributed by atoms with Crippen molar-refractivity contribution in [3.8, 4) is 0 Å². The van der Waals surface area contributed by atoms with Crippen LogP contribution in [0.15, 0.2) is 18.2 Å². The molecule has 3 N–H and O–H groups in total. The predicted molar refractivity (Wildman–Crippen MR) is 133 cm³/mol. The van der Waals surface area contributed by atoms with Crippen LogP contribution in [0.1, 0.15) is 63.0 Å². The molecule has 192 valence electrons. The fourth-order valence-electron chi connectivity index (χ4n) is 6.76. The van der Waals surface area contributed by atoms with Gasteiger partial charge in [-0.15, -0.1) is 0 Å². The average Bonchev–Trinajstić information content (AvgIpc) is 3.44. The first kappa shape index (κ1) is 25.6. The lowest BCUT2D eigenvalue weighted by Crippen LogP contribution is -2.53. The van der Waals surface area contributed by atoms with Crippen molar-refractivity contribution in [1.29, 1.82) is 0 Å². The number of amides is 3. The zero-order valence-electron chi connectivity index (χ0n) is 21.4. The van der Waals surface area contributed by atoms with Gasteiger partial charge in [-0.1, -0.05) is 38.0 Å². The molecule has 3 saturated heterocycles. The molecule has 3 aliphatic rings. The van der Waals surface area contributed by atoms with Crippen molar-refractivity contribution in [2.24, 2.45) is 11.8 Å². The van der Waals surface area contributed by atoms with E-state index in [-0.39, 0.29) is 24.3 Å². The number of para-hydroxylation sites is 1. The summed E-state index contributed by atoms with van der Waals surface area (Å²) in [6.07, 6.45) is 5.01. The molecule has 1 aromatic carbocycles. The van der Waals surface area contributed by atoms with Crippen LogP contribution in [0.25, 0.3) is 0 Å². The number of benzene rings is 1. The lowest BCUT2D eigenvalue weighted by Gasteiger charge is -2.34. The zero-order chi connectivity index (χ0) is 25.4. The minimum atomic E-state index is -1.00. The molecule has 0 radical (unpaired) electrons. The van der Waals surface area contributed by atoms with Gasteiger partial charge in [-0.25, -0.2) is 0 Å². The van der Waals surface area contributed by atoms with Crippen LogP contribution < -0.4 is 10.6 Å². The summed E-state index contributed by atoms with van der Waals surface area (Å²) in [4.78, 5) is 42.6. The summed E-state index contributed by atoms with van der Waals surface area (Å²) in [6.45, 7) is 6.47. The van der Waals surface area contributed by atoms with E-state index in [1.165, 1.54) is 0 Å². The Bertz CT molecular complexity index is 977. The Labute approximate surface area is 207 Å². The maximum Gasteiger partial charge on any atom is 0.250 e. The first-order valence-corrected chi connectivity index (χ1v) is 13.0. The van der Waals surface area contributed by atoms with Gasteiger partial charge in [0.1, 0.15) is 11.6 Å². The molecule has 4 rings (SSSR count). The Hall–Kier alpha value is -2.45. The summed E-state index contributed by atoms with van der Waals surface area (Å²) >= 11 is 0. The van der Waals surface area contributed by atoms with E-state index in [1.54, 1.807) is 11.9 Å². The number of aliphatic hydroxyl groups is 1. The summed E-state index contributed by atoms with van der Waals surface area (Å²) in [5, 5.41) is 14.9. The van der Waals surface area contributed by atoms with Crippen LogP contribution >= 0.6 is 0 Å². The number of likely N-dealkylation sites (tertiary alicyclic amines) is 1. The molecule has 3 heterocycles. The van der Waals surface area contributed by atoms with Crippen LogP contribution in [-0.4, -0.2) is 65.2 Å². The Balaban J connectivity index is 1.70. The maximum atomic E-state index is 14.0. The van der Waals surface area contributed by atoms with Crippen molar-refractivity contribution >= 4 is 23.4 Å². The minimum absolute atomic E-state index is 0.148. The number of rotatable bonds is 10. The van der Waals surface area contributed by atoms with E-state index in [0.717, 1.165) is 42.5 Å². The molecular weight excluding hydrogens is 446 g/mol. The summed E-state index contributed by atoms with van der Waals surface area (Å²) in [7, 11) is 1.59. The van der Waals surface area contributed by atoms with Crippen molar-refractivity contribution < 1.29 is 24.2 Å². The van der Waals surface area contributed by atoms with Gasteiger partial charge in [-0.3, -0.25) is 14.4 Å². The van der Waals surface area contributed by atoms with E-state index in [0.29, 0.717) is 25.8 Å². The van der Waals surface area contributed by atoms with Gasteiger partial charge in [-0.2, -0.15) is 0 Å². The minimum Gasteiger partial charge on any atom is -0.396 e. The van der Waals surface area contributed by atoms with Crippen LogP contribution in [0.2, 0.25) is 0 Å². The number of unbranched alkanes of at least 4 members (excludes halogenated alkanes) is 3. The van der Waals surface area contributed by atoms with Crippen LogP contribution in [-0.2, 0) is 19.1 Å². The number of nitrogens with one attached hydrogen (secondary N) is 2. The second-order valence-electron chi connectivity index (χ2n) is 10.4. The van der Waals surface area contributed by atoms with Gasteiger partial charge in [0.15, 0.2) is 0 Å². The number of hydrogen-bond acceptors (Lipinski definition) is 5. The van der Waals surface area contributed by atoms with Crippen molar-refractivity contribution in [3.63, 3.8) is 0 Å². The molecule has 1 aromatic rings. The summed E-state index contributed by atoms with van der Waals surface area (Å²) < 4.78 is 6.72. The molecular formula is C27H39N3O5. The summed E-state index contributed by atoms with van der Waals surface area (Å²) in [6, 6.07) is 5.06. The largest absolute Gasteiger partial charge is 0.396 e. The predicted octanol–water partition coefficient (Wildman–Crippen LogP) is 2.70. The number of fused-ring (bicyclic) bond motifs is 1. The Kier molecular flexibility index (Phi) is 7.25. The molecule has 2 bridgehead atoms. The third kappa shape index (κ3) is 4.04. The summed E-state index contributed by atoms with van der Waals surface area (Å²) in [5.41, 5.74) is 0.948. The highest BCUT2D eigenvalue weighted by Gasteiger charge is 2.78. The maximum absolute atomic E-state index is 14.0. The first-order valence-electron chi connectivity index (χ1n) is 13.0. The number of ether oxygens (including phenoxy) is 1. The standard InChI is InChI=1S/C27H39N3O5/c1-5-26-13-14-27(35-26)20(19(26)23(32)28-4)25(34)30(15-8-6-7-9-16-31)22(27)24(33)29-21-17(2)11-10-12-18(21)3/h10-12,19-20,22,31H,5-9,13-16H2,1-4H3,(H,28,32)(H,29,33)/t19-,20-,22?,26+,27?/m0/s1. The van der Waals surface area contributed by atoms with Crippen molar-refractivity contribution in [3.05, 3.63) is 29.3 Å². The third-order valence-electron chi connectivity index (χ3n) is 8.49. The molecule has 0 aromatic heterocycles. The van der Waals surface area contributed by atoms with E-state index >= 15 is 0 Å². The lowest BCUT2D eigenvalue weighted by molar-refractivity contribution is -0.145. The van der Waals surface area contributed by atoms with Crippen molar-refractivity contribution in [2.75, 3.05) is 25.5 Å². The fourth-order valence-corrected chi connectivity index (χ4v) is 6.76. The molecule has 2 unspecified atom stereocenters. The Morgan fingerprint density at radius 3 is 2.43 bits per heavy atom. The third-order valence-corrected chi connectivity index (χ3v) is 8.49. The SMILES string of the molecule is CC[C@]12CCC3(O1)C(C(=O)Nc1c(C)cccc1C)N(CCCCCCO)C(=O)[C@@H]3[C@H]2C(=O)NC. The van der Waals surface area contributed by atoms with Crippen molar-refractivity contribution in [1.82, 2.24) is 10.2 Å². The molecule has 8 heteroatoms. The van der Waals surface area contributed by atoms with E-state index in [1.807, 2.05) is 39.0 Å². The molecule has 1 spiro atoms. The fraction of sp³-hybridized carbons (Fsp3) is 0.667. The van der Waals surface area contributed by atoms with Gasteiger partial charge < -0.3 is 25.4 Å². The van der Waals surface area contributed by atoms with Gasteiger partial charge >= 0.3 is 0 Å². The van der Waals surface area contributed by atoms with Gasteiger partial charge in [-0.05, 0) is 57.1 Å². The van der Waals surface area contributed by atoms with Crippen molar-refractivity contribution in [2.45, 2.75) is 83.0 Å². The number of aryl methyl sites for hydroxylation is 2. The number of aliphatic hydroxyl groups excluding tert-OH is 1. The highest BCUT2D eigenvalue weighted by molar-refractivity contribution is 6.04. The van der Waals surface area contributed by atoms with E-state index in [4.69, 9.17) is 9.84 Å². The number of carbonyl (C=O) groups is 3. The van der Waals surface area contributed by atoms with E-state index in [9.17, 15) is 14.4 Å². The Morgan fingerprint density at radius 2 is 1.80 bits per heavy atom. The summed E-state index contributed by atoms with van der Waals surface area (Å²) in [5.74, 6) is -1.86. The van der Waals surface area contributed by atoms with Crippen LogP contribution in [0.5, 0.6) is 0 Å². The number of anilines is 1. The van der Waals surface area contributed by atoms with Crippen LogP contribution in [0.4, 0.5) is 5.69 Å². The second-order valence-corrected chi connectivity index (χ2v) is 10.4. The molecule has 5 atom stereocenters. The highest BCUT2D eigenvalue weighted by atomic mass is 16.5. The quantitative estimate of drug-likeness (QED) is 0.442. The molecule has 3 fully saturated rings. The van der Waals surface area contributed by atoms with Gasteiger partial charge in [0.25, 0.3) is 0 Å². The molecule has 8 nitrogen and oxygen atoms in total.